The van der Waals surface area contributed by atoms with Gasteiger partial charge in [0.15, 0.2) is 0 Å². The van der Waals surface area contributed by atoms with Crippen LogP contribution in [0.25, 0.3) is 0 Å². The molecule has 0 bridgehead atoms. The van der Waals surface area contributed by atoms with Crippen molar-refractivity contribution < 1.29 is 19.1 Å². The average Bonchev–Trinajstić information content (AvgIpc) is 2.90. The molecule has 2 atom stereocenters. The second-order valence-electron chi connectivity index (χ2n) is 11.2. The topological polar surface area (TPSA) is 52.6 Å². The minimum Gasteiger partial charge on any atom is -0.465 e. The molecule has 2 unspecified atom stereocenters. The van der Waals surface area contributed by atoms with Crippen LogP contribution in [-0.4, -0.2) is 25.2 Å². The van der Waals surface area contributed by atoms with Gasteiger partial charge in [0, 0.05) is 0 Å². The summed E-state index contributed by atoms with van der Waals surface area (Å²) in [6.07, 6.45) is 28.9. The van der Waals surface area contributed by atoms with E-state index < -0.39 is 0 Å². The molecule has 36 heavy (non-hydrogen) atoms. The van der Waals surface area contributed by atoms with Gasteiger partial charge in [0.25, 0.3) is 0 Å². The third kappa shape index (κ3) is 17.4. The second kappa shape index (κ2) is 24.3. The molecular formula is C32H60O4. The summed E-state index contributed by atoms with van der Waals surface area (Å²) in [7, 11) is 0. The maximum atomic E-state index is 12.7. The van der Waals surface area contributed by atoms with Crippen LogP contribution in [0.4, 0.5) is 0 Å². The largest absolute Gasteiger partial charge is 0.465 e. The molecule has 0 radical (unpaired) electrons. The van der Waals surface area contributed by atoms with Crippen molar-refractivity contribution in [2.45, 2.75) is 168 Å². The van der Waals surface area contributed by atoms with Gasteiger partial charge in [0.05, 0.1) is 25.0 Å². The molecule has 1 saturated carbocycles. The van der Waals surface area contributed by atoms with Gasteiger partial charge < -0.3 is 9.47 Å². The number of rotatable bonds is 24. The number of hydrogen-bond donors (Lipinski definition) is 0. The van der Waals surface area contributed by atoms with Crippen molar-refractivity contribution in [2.24, 2.45) is 11.8 Å². The maximum absolute atomic E-state index is 12.7. The van der Waals surface area contributed by atoms with Gasteiger partial charge in [-0.1, -0.05) is 142 Å². The summed E-state index contributed by atoms with van der Waals surface area (Å²) >= 11 is 0. The zero-order chi connectivity index (χ0) is 26.1. The van der Waals surface area contributed by atoms with Gasteiger partial charge in [-0.2, -0.15) is 0 Å². The van der Waals surface area contributed by atoms with Crippen LogP contribution in [0.3, 0.4) is 0 Å². The number of unbranched alkanes of at least 4 members (excludes halogenated alkanes) is 18. The number of ether oxygens (including phenoxy) is 2. The lowest BCUT2D eigenvalue weighted by Gasteiger charge is -2.28. The molecular weight excluding hydrogens is 448 g/mol. The highest BCUT2D eigenvalue weighted by atomic mass is 16.5. The molecule has 212 valence electrons. The smallest absolute Gasteiger partial charge is 0.309 e. The molecule has 1 rings (SSSR count). The van der Waals surface area contributed by atoms with Crippen molar-refractivity contribution in [1.29, 1.82) is 0 Å². The Morgan fingerprint density at radius 2 is 0.750 bits per heavy atom. The molecule has 0 aromatic heterocycles. The lowest BCUT2D eigenvalue weighted by atomic mass is 9.79. The van der Waals surface area contributed by atoms with Crippen molar-refractivity contribution in [1.82, 2.24) is 0 Å². The van der Waals surface area contributed by atoms with Gasteiger partial charge in [-0.05, 0) is 25.7 Å². The molecule has 0 aromatic rings. The molecule has 0 aromatic carbocycles. The highest BCUT2D eigenvalue weighted by molar-refractivity contribution is 5.82. The summed E-state index contributed by atoms with van der Waals surface area (Å²) in [5.74, 6) is -0.957. The normalized spacial score (nSPS) is 17.7. The molecule has 1 fully saturated rings. The lowest BCUT2D eigenvalue weighted by Crippen LogP contribution is -2.35. The van der Waals surface area contributed by atoms with Gasteiger partial charge in [-0.25, -0.2) is 0 Å². The van der Waals surface area contributed by atoms with Crippen LogP contribution in [0, 0.1) is 11.8 Å². The van der Waals surface area contributed by atoms with Crippen LogP contribution in [0.15, 0.2) is 0 Å². The molecule has 0 aliphatic heterocycles. The third-order valence-electron chi connectivity index (χ3n) is 7.86. The molecule has 4 heteroatoms. The Balaban J connectivity index is 2.08. The van der Waals surface area contributed by atoms with Crippen LogP contribution in [0.5, 0.6) is 0 Å². The SMILES string of the molecule is CCCCCCCCCCCCCOC(=O)C1CCCCC1C(=O)OCCCCCCCCCCC. The molecule has 0 N–H and O–H groups in total. The first-order valence-electron chi connectivity index (χ1n) is 16.0. The zero-order valence-electron chi connectivity index (χ0n) is 24.2. The first-order chi connectivity index (χ1) is 17.7. The van der Waals surface area contributed by atoms with E-state index in [1.165, 1.54) is 103 Å². The van der Waals surface area contributed by atoms with E-state index in [-0.39, 0.29) is 23.8 Å². The van der Waals surface area contributed by atoms with Crippen LogP contribution in [-0.2, 0) is 19.1 Å². The van der Waals surface area contributed by atoms with Crippen LogP contribution in [0.1, 0.15) is 168 Å². The van der Waals surface area contributed by atoms with E-state index in [1.807, 2.05) is 0 Å². The minimum atomic E-state index is -0.304. The Labute approximate surface area is 224 Å². The van der Waals surface area contributed by atoms with Crippen molar-refractivity contribution in [2.75, 3.05) is 13.2 Å². The fourth-order valence-corrected chi connectivity index (χ4v) is 5.43. The Bertz CT molecular complexity index is 518. The Morgan fingerprint density at radius 1 is 0.472 bits per heavy atom. The average molecular weight is 509 g/mol. The van der Waals surface area contributed by atoms with Crippen molar-refractivity contribution in [3.05, 3.63) is 0 Å². The van der Waals surface area contributed by atoms with Crippen LogP contribution >= 0.6 is 0 Å². The quantitative estimate of drug-likeness (QED) is 0.0961. The van der Waals surface area contributed by atoms with Gasteiger partial charge in [0.1, 0.15) is 0 Å². The predicted octanol–water partition coefficient (Wildman–Crippen LogP) is 9.72. The van der Waals surface area contributed by atoms with Crippen LogP contribution in [0.2, 0.25) is 0 Å². The van der Waals surface area contributed by atoms with Crippen molar-refractivity contribution in [3.63, 3.8) is 0 Å². The van der Waals surface area contributed by atoms with E-state index in [0.29, 0.717) is 13.2 Å². The van der Waals surface area contributed by atoms with Gasteiger partial charge in [-0.3, -0.25) is 9.59 Å². The zero-order valence-corrected chi connectivity index (χ0v) is 24.2. The molecule has 0 amide bonds. The Hall–Kier alpha value is -1.06. The van der Waals surface area contributed by atoms with Gasteiger partial charge in [-0.15, -0.1) is 0 Å². The number of carbonyl (C=O) groups excluding carboxylic acids is 2. The summed E-state index contributed by atoms with van der Waals surface area (Å²) < 4.78 is 11.2. The van der Waals surface area contributed by atoms with E-state index >= 15 is 0 Å². The van der Waals surface area contributed by atoms with E-state index in [9.17, 15) is 9.59 Å². The third-order valence-corrected chi connectivity index (χ3v) is 7.86. The van der Waals surface area contributed by atoms with Gasteiger partial charge >= 0.3 is 11.9 Å². The molecule has 4 nitrogen and oxygen atoms in total. The van der Waals surface area contributed by atoms with E-state index in [4.69, 9.17) is 9.47 Å². The standard InChI is InChI=1S/C32H60O4/c1-3-5-7-9-11-13-14-16-18-20-24-28-36-32(34)30-26-22-21-25-29(30)31(33)35-27-23-19-17-15-12-10-8-6-4-2/h29-30H,3-28H2,1-2H3. The molecule has 0 saturated heterocycles. The summed E-state index contributed by atoms with van der Waals surface area (Å²) in [4.78, 5) is 25.4. The fourth-order valence-electron chi connectivity index (χ4n) is 5.43. The Morgan fingerprint density at radius 3 is 1.06 bits per heavy atom. The van der Waals surface area contributed by atoms with E-state index in [0.717, 1.165) is 51.4 Å². The summed E-state index contributed by atoms with van der Waals surface area (Å²) in [6, 6.07) is 0. The molecule has 1 aliphatic rings. The first-order valence-corrected chi connectivity index (χ1v) is 16.0. The lowest BCUT2D eigenvalue weighted by molar-refractivity contribution is -0.163. The van der Waals surface area contributed by atoms with Crippen LogP contribution < -0.4 is 0 Å². The predicted molar refractivity (Wildman–Crippen MR) is 151 cm³/mol. The second-order valence-corrected chi connectivity index (χ2v) is 11.2. The minimum absolute atomic E-state index is 0.174. The molecule has 0 heterocycles. The Kier molecular flexibility index (Phi) is 22.2. The fraction of sp³-hybridized carbons (Fsp3) is 0.938. The highest BCUT2D eigenvalue weighted by Gasteiger charge is 2.37. The maximum Gasteiger partial charge on any atom is 0.309 e. The number of carbonyl (C=O) groups is 2. The van der Waals surface area contributed by atoms with E-state index in [1.54, 1.807) is 0 Å². The first kappa shape index (κ1) is 33.0. The van der Waals surface area contributed by atoms with Crippen molar-refractivity contribution >= 4 is 11.9 Å². The highest BCUT2D eigenvalue weighted by Crippen LogP contribution is 2.32. The molecule has 0 spiro atoms. The number of hydrogen-bond acceptors (Lipinski definition) is 4. The summed E-state index contributed by atoms with van der Waals surface area (Å²) in [6.45, 7) is 5.50. The monoisotopic (exact) mass is 508 g/mol. The summed E-state index contributed by atoms with van der Waals surface area (Å²) in [5.41, 5.74) is 0. The number of esters is 2. The summed E-state index contributed by atoms with van der Waals surface area (Å²) in [5, 5.41) is 0. The molecule has 1 aliphatic carbocycles. The van der Waals surface area contributed by atoms with Crippen molar-refractivity contribution in [3.8, 4) is 0 Å². The van der Waals surface area contributed by atoms with E-state index in [2.05, 4.69) is 13.8 Å². The van der Waals surface area contributed by atoms with Gasteiger partial charge in [0.2, 0.25) is 0 Å².